The van der Waals surface area contributed by atoms with E-state index < -0.39 is 41.6 Å². The zero-order valence-electron chi connectivity index (χ0n) is 16.6. The number of hydrogen-bond donors (Lipinski definition) is 3. The second kappa shape index (κ2) is 6.46. The molecule has 5 rings (SSSR count). The smallest absolute Gasteiger partial charge is 0.333 e. The summed E-state index contributed by atoms with van der Waals surface area (Å²) in [7, 11) is 1.56. The van der Waals surface area contributed by atoms with Crippen LogP contribution in [0.5, 0.6) is 11.5 Å². The van der Waals surface area contributed by atoms with Gasteiger partial charge in [0, 0.05) is 5.56 Å². The first-order valence-electron chi connectivity index (χ1n) is 10.2. The SMILES string of the molecule is COc1ccc2c3c1O[C@H]1C(OC(=O)CC(O)C(=O)O)=CC[C@@]4(O)[C@H](CCCC314)C2. The van der Waals surface area contributed by atoms with E-state index in [1.807, 2.05) is 12.1 Å². The van der Waals surface area contributed by atoms with E-state index in [2.05, 4.69) is 0 Å². The highest BCUT2D eigenvalue weighted by Crippen LogP contribution is 2.67. The molecule has 0 amide bonds. The van der Waals surface area contributed by atoms with Crippen molar-refractivity contribution in [2.45, 2.75) is 61.7 Å². The third kappa shape index (κ3) is 2.34. The summed E-state index contributed by atoms with van der Waals surface area (Å²) in [6.07, 6.45) is 2.06. The van der Waals surface area contributed by atoms with Crippen LogP contribution in [0.3, 0.4) is 0 Å². The first-order valence-corrected chi connectivity index (χ1v) is 10.2. The lowest BCUT2D eigenvalue weighted by Gasteiger charge is -2.59. The Morgan fingerprint density at radius 1 is 1.37 bits per heavy atom. The zero-order valence-corrected chi connectivity index (χ0v) is 16.6. The highest BCUT2D eigenvalue weighted by Gasteiger charge is 2.70. The number of carboxylic acid groups (broad SMARTS) is 1. The molecule has 8 heteroatoms. The predicted molar refractivity (Wildman–Crippen MR) is 102 cm³/mol. The third-order valence-corrected chi connectivity index (χ3v) is 7.34. The van der Waals surface area contributed by atoms with Crippen LogP contribution in [0.25, 0.3) is 0 Å². The Morgan fingerprint density at radius 3 is 2.90 bits per heavy atom. The number of carboxylic acids is 1. The Morgan fingerprint density at radius 2 is 2.17 bits per heavy atom. The lowest BCUT2D eigenvalue weighted by Crippen LogP contribution is -2.67. The molecule has 2 unspecified atom stereocenters. The molecule has 0 aromatic heterocycles. The van der Waals surface area contributed by atoms with Crippen molar-refractivity contribution in [1.29, 1.82) is 0 Å². The molecule has 1 fully saturated rings. The minimum Gasteiger partial charge on any atom is -0.493 e. The number of hydrogen-bond acceptors (Lipinski definition) is 7. The van der Waals surface area contributed by atoms with E-state index in [4.69, 9.17) is 19.3 Å². The van der Waals surface area contributed by atoms with Gasteiger partial charge in [0.15, 0.2) is 23.7 Å². The van der Waals surface area contributed by atoms with Crippen LogP contribution in [0.2, 0.25) is 0 Å². The van der Waals surface area contributed by atoms with Crippen molar-refractivity contribution in [1.82, 2.24) is 0 Å². The third-order valence-electron chi connectivity index (χ3n) is 7.34. The molecule has 8 nitrogen and oxygen atoms in total. The molecule has 160 valence electrons. The largest absolute Gasteiger partial charge is 0.493 e. The van der Waals surface area contributed by atoms with E-state index in [9.17, 15) is 19.8 Å². The number of methoxy groups -OCH3 is 1. The number of esters is 1. The fraction of sp³-hybridized carbons (Fsp3) is 0.545. The van der Waals surface area contributed by atoms with Gasteiger partial charge in [-0.3, -0.25) is 4.79 Å². The van der Waals surface area contributed by atoms with Crippen LogP contribution in [0, 0.1) is 5.92 Å². The fourth-order valence-electron chi connectivity index (χ4n) is 6.10. The van der Waals surface area contributed by atoms with Gasteiger partial charge in [0.2, 0.25) is 0 Å². The van der Waals surface area contributed by atoms with Gasteiger partial charge in [-0.2, -0.15) is 0 Å². The van der Waals surface area contributed by atoms with E-state index in [0.29, 0.717) is 24.3 Å². The summed E-state index contributed by atoms with van der Waals surface area (Å²) >= 11 is 0. The van der Waals surface area contributed by atoms with Crippen LogP contribution in [0.1, 0.15) is 43.2 Å². The molecule has 1 saturated carbocycles. The summed E-state index contributed by atoms with van der Waals surface area (Å²) in [6, 6.07) is 3.89. The van der Waals surface area contributed by atoms with Gasteiger partial charge in [0.1, 0.15) is 5.76 Å². The van der Waals surface area contributed by atoms with Crippen molar-refractivity contribution in [3.05, 3.63) is 35.1 Å². The fourth-order valence-corrected chi connectivity index (χ4v) is 6.10. The normalized spacial score (nSPS) is 33.6. The predicted octanol–water partition coefficient (Wildman–Crippen LogP) is 1.45. The first-order chi connectivity index (χ1) is 14.3. The molecule has 3 N–H and O–H groups in total. The van der Waals surface area contributed by atoms with E-state index in [-0.39, 0.29) is 11.7 Å². The van der Waals surface area contributed by atoms with E-state index >= 15 is 0 Å². The average Bonchev–Trinajstić information content (AvgIpc) is 3.04. The van der Waals surface area contributed by atoms with Crippen LogP contribution in [-0.2, 0) is 26.2 Å². The Balaban J connectivity index is 1.58. The number of benzene rings is 1. The van der Waals surface area contributed by atoms with Gasteiger partial charge in [-0.05, 0) is 49.3 Å². The monoisotopic (exact) mass is 416 g/mol. The standard InChI is InChI=1S/C22H24O8/c1-28-14-5-4-11-9-12-3-2-7-21-17(11)18(14)30-19(21)15(6-8-22(12,21)27)29-16(24)10-13(23)20(25)26/h4-6,12-13,19,23,27H,2-3,7-10H2,1H3,(H,25,26)/t12-,13?,19+,21?,22-/m1/s1. The Labute approximate surface area is 173 Å². The second-order valence-electron chi connectivity index (χ2n) is 8.66. The molecule has 1 aromatic rings. The lowest BCUT2D eigenvalue weighted by atomic mass is 9.47. The molecule has 5 atom stereocenters. The van der Waals surface area contributed by atoms with Crippen molar-refractivity contribution < 1.29 is 39.1 Å². The molecular formula is C22H24O8. The van der Waals surface area contributed by atoms with Gasteiger partial charge in [0.25, 0.3) is 0 Å². The lowest BCUT2D eigenvalue weighted by molar-refractivity contribution is -0.163. The number of aliphatic carboxylic acids is 1. The quantitative estimate of drug-likeness (QED) is 0.617. The molecule has 1 aliphatic heterocycles. The summed E-state index contributed by atoms with van der Waals surface area (Å²) in [4.78, 5) is 23.2. The number of carbonyl (C=O) groups is 2. The van der Waals surface area contributed by atoms with Gasteiger partial charge in [0.05, 0.1) is 24.5 Å². The van der Waals surface area contributed by atoms with Crippen LogP contribution >= 0.6 is 0 Å². The minimum absolute atomic E-state index is 0.0755. The molecule has 3 aliphatic carbocycles. The van der Waals surface area contributed by atoms with Crippen molar-refractivity contribution in [3.8, 4) is 11.5 Å². The summed E-state index contributed by atoms with van der Waals surface area (Å²) in [5.74, 6) is -0.864. The number of carbonyl (C=O) groups excluding carboxylic acids is 1. The van der Waals surface area contributed by atoms with Crippen LogP contribution < -0.4 is 9.47 Å². The number of aliphatic hydroxyl groups is 2. The maximum absolute atomic E-state index is 12.3. The zero-order chi connectivity index (χ0) is 21.3. The highest BCUT2D eigenvalue weighted by molar-refractivity contribution is 5.81. The van der Waals surface area contributed by atoms with Crippen molar-refractivity contribution in [3.63, 3.8) is 0 Å². The number of ether oxygens (including phenoxy) is 3. The summed E-state index contributed by atoms with van der Waals surface area (Å²) in [6.45, 7) is 0. The molecule has 0 saturated heterocycles. The highest BCUT2D eigenvalue weighted by atomic mass is 16.6. The van der Waals surface area contributed by atoms with E-state index in [1.54, 1.807) is 13.2 Å². The van der Waals surface area contributed by atoms with Crippen molar-refractivity contribution in [2.75, 3.05) is 7.11 Å². The molecular weight excluding hydrogens is 392 g/mol. The average molecular weight is 416 g/mol. The Kier molecular flexibility index (Phi) is 4.17. The maximum atomic E-state index is 12.3. The molecule has 1 heterocycles. The molecule has 0 radical (unpaired) electrons. The van der Waals surface area contributed by atoms with Gasteiger partial charge < -0.3 is 29.5 Å². The second-order valence-corrected chi connectivity index (χ2v) is 8.66. The van der Waals surface area contributed by atoms with Crippen molar-refractivity contribution in [2.24, 2.45) is 5.92 Å². The number of rotatable bonds is 5. The Hall–Kier alpha value is -2.58. The first kappa shape index (κ1) is 19.4. The van der Waals surface area contributed by atoms with Gasteiger partial charge in [-0.25, -0.2) is 4.79 Å². The van der Waals surface area contributed by atoms with Gasteiger partial charge in [-0.1, -0.05) is 12.5 Å². The van der Waals surface area contributed by atoms with E-state index in [1.165, 1.54) is 0 Å². The summed E-state index contributed by atoms with van der Waals surface area (Å²) in [5, 5.41) is 30.2. The van der Waals surface area contributed by atoms with Gasteiger partial charge >= 0.3 is 11.9 Å². The summed E-state index contributed by atoms with van der Waals surface area (Å²) < 4.78 is 17.3. The van der Waals surface area contributed by atoms with Crippen molar-refractivity contribution >= 4 is 11.9 Å². The van der Waals surface area contributed by atoms with Crippen LogP contribution in [0.4, 0.5) is 0 Å². The minimum atomic E-state index is -1.83. The van der Waals surface area contributed by atoms with Gasteiger partial charge in [-0.15, -0.1) is 0 Å². The van der Waals surface area contributed by atoms with E-state index in [0.717, 1.165) is 30.4 Å². The molecule has 30 heavy (non-hydrogen) atoms. The van der Waals surface area contributed by atoms with Crippen LogP contribution in [-0.4, -0.2) is 52.2 Å². The van der Waals surface area contributed by atoms with Crippen LogP contribution in [0.15, 0.2) is 24.0 Å². The molecule has 1 aromatic carbocycles. The maximum Gasteiger partial charge on any atom is 0.333 e. The Bertz CT molecular complexity index is 968. The molecule has 2 bridgehead atoms. The molecule has 1 spiro atoms. The molecule has 4 aliphatic rings. The topological polar surface area (TPSA) is 123 Å². The summed E-state index contributed by atoms with van der Waals surface area (Å²) in [5.41, 5.74) is 0.300. The number of aliphatic hydroxyl groups excluding tert-OH is 1.